The first-order chi connectivity index (χ1) is 10.5. The molecule has 0 spiro atoms. The molecule has 0 fully saturated rings. The van der Waals surface area contributed by atoms with Crippen LogP contribution in [0.3, 0.4) is 0 Å². The van der Waals surface area contributed by atoms with Gasteiger partial charge in [0.05, 0.1) is 25.5 Å². The minimum Gasteiger partial charge on any atom is -0.497 e. The van der Waals surface area contributed by atoms with Gasteiger partial charge in [0.2, 0.25) is 5.88 Å². The van der Waals surface area contributed by atoms with Crippen molar-refractivity contribution < 1.29 is 9.47 Å². The summed E-state index contributed by atoms with van der Waals surface area (Å²) in [7, 11) is 3.35. The second-order valence-corrected chi connectivity index (χ2v) is 6.12. The number of methoxy groups -OCH3 is 2. The molecule has 3 rings (SSSR count). The van der Waals surface area contributed by atoms with Gasteiger partial charge in [0, 0.05) is 19.2 Å². The van der Waals surface area contributed by atoms with Crippen LogP contribution in [0.2, 0.25) is 0 Å². The summed E-state index contributed by atoms with van der Waals surface area (Å²) in [5.41, 5.74) is 3.55. The Morgan fingerprint density at radius 3 is 2.41 bits per heavy atom. The van der Waals surface area contributed by atoms with Crippen molar-refractivity contribution in [1.82, 2.24) is 9.88 Å². The van der Waals surface area contributed by atoms with Crippen LogP contribution in [0.25, 0.3) is 0 Å². The molecular weight excluding hydrogens is 276 g/mol. The summed E-state index contributed by atoms with van der Waals surface area (Å²) < 4.78 is 10.5. The molecule has 1 aliphatic rings. The molecule has 22 heavy (non-hydrogen) atoms. The maximum atomic E-state index is 5.27. The van der Waals surface area contributed by atoms with Crippen LogP contribution in [0.4, 0.5) is 0 Å². The topological polar surface area (TPSA) is 34.6 Å². The standard InChI is InChI=1S/C18H22N2O2/c1-18(2)17-14(7-10-16(19-17)22-4)12-20(18)11-13-5-8-15(21-3)9-6-13/h5-10H,11-12H2,1-4H3. The van der Waals surface area contributed by atoms with Crippen molar-refractivity contribution in [2.24, 2.45) is 0 Å². The van der Waals surface area contributed by atoms with Crippen molar-refractivity contribution in [3.8, 4) is 11.6 Å². The Bertz CT molecular complexity index is 665. The molecule has 116 valence electrons. The van der Waals surface area contributed by atoms with Crippen LogP contribution in [0, 0.1) is 0 Å². The third-order valence-electron chi connectivity index (χ3n) is 4.43. The first-order valence-electron chi connectivity index (χ1n) is 7.47. The van der Waals surface area contributed by atoms with Crippen LogP contribution in [0.5, 0.6) is 11.6 Å². The van der Waals surface area contributed by atoms with E-state index in [4.69, 9.17) is 9.47 Å². The number of benzene rings is 1. The summed E-state index contributed by atoms with van der Waals surface area (Å²) >= 11 is 0. The summed E-state index contributed by atoms with van der Waals surface area (Å²) in [5.74, 6) is 1.57. The SMILES string of the molecule is COc1ccc(CN2Cc3ccc(OC)nc3C2(C)C)cc1. The van der Waals surface area contributed by atoms with Gasteiger partial charge in [-0.2, -0.15) is 0 Å². The smallest absolute Gasteiger partial charge is 0.213 e. The molecule has 4 nitrogen and oxygen atoms in total. The van der Waals surface area contributed by atoms with Gasteiger partial charge >= 0.3 is 0 Å². The number of fused-ring (bicyclic) bond motifs is 1. The third kappa shape index (κ3) is 2.55. The lowest BCUT2D eigenvalue weighted by molar-refractivity contribution is 0.124. The molecule has 0 amide bonds. The Hall–Kier alpha value is -2.07. The molecular formula is C18H22N2O2. The third-order valence-corrected chi connectivity index (χ3v) is 4.43. The van der Waals surface area contributed by atoms with Gasteiger partial charge < -0.3 is 9.47 Å². The lowest BCUT2D eigenvalue weighted by Gasteiger charge is -2.31. The van der Waals surface area contributed by atoms with E-state index in [0.717, 1.165) is 24.5 Å². The molecule has 2 aromatic rings. The number of hydrogen-bond donors (Lipinski definition) is 0. The van der Waals surface area contributed by atoms with E-state index >= 15 is 0 Å². The monoisotopic (exact) mass is 298 g/mol. The van der Waals surface area contributed by atoms with Gasteiger partial charge in [-0.05, 0) is 37.1 Å². The molecule has 0 atom stereocenters. The lowest BCUT2D eigenvalue weighted by atomic mass is 9.99. The highest BCUT2D eigenvalue weighted by molar-refractivity contribution is 5.35. The van der Waals surface area contributed by atoms with E-state index in [9.17, 15) is 0 Å². The van der Waals surface area contributed by atoms with Crippen molar-refractivity contribution in [2.75, 3.05) is 14.2 Å². The minimum atomic E-state index is -0.107. The van der Waals surface area contributed by atoms with Crippen LogP contribution >= 0.6 is 0 Å². The Kier molecular flexibility index (Phi) is 3.79. The van der Waals surface area contributed by atoms with E-state index < -0.39 is 0 Å². The van der Waals surface area contributed by atoms with Gasteiger partial charge in [-0.3, -0.25) is 4.90 Å². The van der Waals surface area contributed by atoms with Crippen molar-refractivity contribution in [1.29, 1.82) is 0 Å². The van der Waals surface area contributed by atoms with Gasteiger partial charge in [-0.25, -0.2) is 4.98 Å². The lowest BCUT2D eigenvalue weighted by Crippen LogP contribution is -2.35. The Morgan fingerprint density at radius 2 is 1.77 bits per heavy atom. The molecule has 2 heterocycles. The van der Waals surface area contributed by atoms with E-state index in [1.807, 2.05) is 18.2 Å². The summed E-state index contributed by atoms with van der Waals surface area (Å²) in [6.45, 7) is 6.23. The van der Waals surface area contributed by atoms with Crippen LogP contribution in [0.1, 0.15) is 30.7 Å². The molecule has 0 aliphatic carbocycles. The van der Waals surface area contributed by atoms with E-state index in [-0.39, 0.29) is 5.54 Å². The van der Waals surface area contributed by atoms with Crippen molar-refractivity contribution in [3.05, 3.63) is 53.2 Å². The molecule has 0 N–H and O–H groups in total. The fraction of sp³-hybridized carbons (Fsp3) is 0.389. The van der Waals surface area contributed by atoms with Crippen LogP contribution in [-0.2, 0) is 18.6 Å². The maximum absolute atomic E-state index is 5.27. The number of aromatic nitrogens is 1. The zero-order valence-corrected chi connectivity index (χ0v) is 13.6. The van der Waals surface area contributed by atoms with E-state index in [1.54, 1.807) is 14.2 Å². The average molecular weight is 298 g/mol. The van der Waals surface area contributed by atoms with Gasteiger partial charge in [-0.1, -0.05) is 18.2 Å². The second kappa shape index (κ2) is 5.61. The summed E-state index contributed by atoms with van der Waals surface area (Å²) in [4.78, 5) is 7.10. The minimum absolute atomic E-state index is 0.107. The second-order valence-electron chi connectivity index (χ2n) is 6.12. The van der Waals surface area contributed by atoms with Gasteiger partial charge in [0.25, 0.3) is 0 Å². The van der Waals surface area contributed by atoms with Crippen molar-refractivity contribution >= 4 is 0 Å². The Balaban J connectivity index is 1.83. The molecule has 1 aromatic carbocycles. The number of hydrogen-bond acceptors (Lipinski definition) is 4. The molecule has 1 aromatic heterocycles. The highest BCUT2D eigenvalue weighted by Crippen LogP contribution is 2.39. The van der Waals surface area contributed by atoms with Gasteiger partial charge in [0.15, 0.2) is 0 Å². The fourth-order valence-electron chi connectivity index (χ4n) is 3.00. The number of nitrogens with zero attached hydrogens (tertiary/aromatic N) is 2. The van der Waals surface area contributed by atoms with Crippen molar-refractivity contribution in [2.45, 2.75) is 32.5 Å². The quantitative estimate of drug-likeness (QED) is 0.867. The Morgan fingerprint density at radius 1 is 1.05 bits per heavy atom. The first-order valence-corrected chi connectivity index (χ1v) is 7.47. The fourth-order valence-corrected chi connectivity index (χ4v) is 3.00. The van der Waals surface area contributed by atoms with Crippen LogP contribution in [0.15, 0.2) is 36.4 Å². The molecule has 0 unspecified atom stereocenters. The normalized spacial score (nSPS) is 16.4. The molecule has 0 saturated heterocycles. The first kappa shape index (κ1) is 14.9. The average Bonchev–Trinajstić information content (AvgIpc) is 2.78. The summed E-state index contributed by atoms with van der Waals surface area (Å²) in [6.07, 6.45) is 0. The van der Waals surface area contributed by atoms with Crippen molar-refractivity contribution in [3.63, 3.8) is 0 Å². The molecule has 4 heteroatoms. The Labute approximate surface area is 131 Å². The zero-order valence-electron chi connectivity index (χ0n) is 13.6. The maximum Gasteiger partial charge on any atom is 0.213 e. The largest absolute Gasteiger partial charge is 0.497 e. The summed E-state index contributed by atoms with van der Waals surface area (Å²) in [6, 6.07) is 12.3. The van der Waals surface area contributed by atoms with E-state index in [1.165, 1.54) is 11.1 Å². The molecule has 1 aliphatic heterocycles. The van der Waals surface area contributed by atoms with Gasteiger partial charge in [0.1, 0.15) is 5.75 Å². The van der Waals surface area contributed by atoms with E-state index in [2.05, 4.69) is 41.9 Å². The zero-order chi connectivity index (χ0) is 15.7. The molecule has 0 radical (unpaired) electrons. The van der Waals surface area contributed by atoms with Crippen LogP contribution < -0.4 is 9.47 Å². The van der Waals surface area contributed by atoms with Gasteiger partial charge in [-0.15, -0.1) is 0 Å². The predicted molar refractivity (Wildman–Crippen MR) is 86.1 cm³/mol. The number of pyridine rings is 1. The molecule has 0 bridgehead atoms. The summed E-state index contributed by atoms with van der Waals surface area (Å²) in [5, 5.41) is 0. The highest BCUT2D eigenvalue weighted by atomic mass is 16.5. The van der Waals surface area contributed by atoms with Crippen LogP contribution in [-0.4, -0.2) is 24.1 Å². The van der Waals surface area contributed by atoms with E-state index in [0.29, 0.717) is 5.88 Å². The number of ether oxygens (including phenoxy) is 2. The molecule has 0 saturated carbocycles. The predicted octanol–water partition coefficient (Wildman–Crippen LogP) is 3.35. The highest BCUT2D eigenvalue weighted by Gasteiger charge is 2.38. The number of rotatable bonds is 4.